The van der Waals surface area contributed by atoms with Gasteiger partial charge in [-0.3, -0.25) is 4.90 Å². The molecule has 2 aliphatic heterocycles. The molecule has 0 saturated carbocycles. The van der Waals surface area contributed by atoms with E-state index in [-0.39, 0.29) is 5.75 Å². The van der Waals surface area contributed by atoms with Crippen molar-refractivity contribution in [3.05, 3.63) is 29.8 Å². The highest BCUT2D eigenvalue weighted by Gasteiger charge is 2.39. The first kappa shape index (κ1) is 18.7. The monoisotopic (exact) mass is 366 g/mol. The van der Waals surface area contributed by atoms with Crippen LogP contribution in [0.2, 0.25) is 0 Å². The van der Waals surface area contributed by atoms with Crippen LogP contribution in [0.3, 0.4) is 0 Å². The van der Waals surface area contributed by atoms with Crippen LogP contribution < -0.4 is 4.74 Å². The predicted molar refractivity (Wildman–Crippen MR) is 100 cm³/mol. The number of benzene rings is 1. The Labute approximate surface area is 152 Å². The summed E-state index contributed by atoms with van der Waals surface area (Å²) in [5, 5.41) is 0. The van der Waals surface area contributed by atoms with E-state index in [0.717, 1.165) is 38.2 Å². The summed E-state index contributed by atoms with van der Waals surface area (Å²) in [6, 6.07) is 8.29. The number of rotatable bonds is 5. The van der Waals surface area contributed by atoms with Gasteiger partial charge in [-0.25, -0.2) is 12.7 Å². The molecule has 0 radical (unpaired) electrons. The Morgan fingerprint density at radius 1 is 1.08 bits per heavy atom. The van der Waals surface area contributed by atoms with Crippen molar-refractivity contribution in [3.8, 4) is 5.75 Å². The Bertz CT molecular complexity index is 672. The highest BCUT2D eigenvalue weighted by atomic mass is 32.2. The second-order valence-corrected chi connectivity index (χ2v) is 9.68. The molecule has 2 saturated heterocycles. The molecule has 0 unspecified atom stereocenters. The molecule has 0 amide bonds. The average Bonchev–Trinajstić information content (AvgIpc) is 2.64. The SMILES string of the molecule is CCS(=O)(=O)N1CCC2(CCN(Cc3cccc(OC)c3)CC2)CC1. The summed E-state index contributed by atoms with van der Waals surface area (Å²) in [4.78, 5) is 2.51. The highest BCUT2D eigenvalue weighted by molar-refractivity contribution is 7.89. The van der Waals surface area contributed by atoms with Crippen LogP contribution >= 0.6 is 0 Å². The topological polar surface area (TPSA) is 49.9 Å². The van der Waals surface area contributed by atoms with Gasteiger partial charge in [0.25, 0.3) is 0 Å². The van der Waals surface area contributed by atoms with Crippen LogP contribution in [0.4, 0.5) is 0 Å². The van der Waals surface area contributed by atoms with Crippen molar-refractivity contribution in [2.45, 2.75) is 39.2 Å². The lowest BCUT2D eigenvalue weighted by Gasteiger charge is -2.46. The summed E-state index contributed by atoms with van der Waals surface area (Å²) in [5.74, 6) is 1.13. The van der Waals surface area contributed by atoms with Gasteiger partial charge in [-0.1, -0.05) is 12.1 Å². The number of hydrogen-bond donors (Lipinski definition) is 0. The van der Waals surface area contributed by atoms with E-state index >= 15 is 0 Å². The molecule has 1 aromatic carbocycles. The van der Waals surface area contributed by atoms with E-state index in [2.05, 4.69) is 17.0 Å². The second kappa shape index (κ2) is 7.64. The van der Waals surface area contributed by atoms with Crippen molar-refractivity contribution in [1.29, 1.82) is 0 Å². The smallest absolute Gasteiger partial charge is 0.213 e. The molecule has 0 bridgehead atoms. The normalized spacial score (nSPS) is 22.2. The number of sulfonamides is 1. The summed E-state index contributed by atoms with van der Waals surface area (Å²) in [5.41, 5.74) is 1.64. The minimum absolute atomic E-state index is 0.217. The molecule has 2 aliphatic rings. The Hall–Kier alpha value is -1.11. The molecular formula is C19H30N2O3S. The van der Waals surface area contributed by atoms with E-state index in [1.165, 1.54) is 18.4 Å². The van der Waals surface area contributed by atoms with Crippen molar-refractivity contribution in [3.63, 3.8) is 0 Å². The average molecular weight is 367 g/mol. The molecule has 25 heavy (non-hydrogen) atoms. The number of nitrogens with zero attached hydrogens (tertiary/aromatic N) is 2. The van der Waals surface area contributed by atoms with Gasteiger partial charge in [0.05, 0.1) is 12.9 Å². The molecule has 1 aromatic rings. The maximum absolute atomic E-state index is 12.0. The minimum atomic E-state index is -3.02. The first-order chi connectivity index (χ1) is 12.0. The van der Waals surface area contributed by atoms with Crippen LogP contribution in [0.15, 0.2) is 24.3 Å². The van der Waals surface area contributed by atoms with Gasteiger partial charge in [-0.15, -0.1) is 0 Å². The van der Waals surface area contributed by atoms with Gasteiger partial charge >= 0.3 is 0 Å². The summed E-state index contributed by atoms with van der Waals surface area (Å²) in [6.45, 7) is 6.29. The summed E-state index contributed by atoms with van der Waals surface area (Å²) < 4.78 is 31.1. The first-order valence-corrected chi connectivity index (χ1v) is 10.9. The fourth-order valence-electron chi connectivity index (χ4n) is 4.14. The van der Waals surface area contributed by atoms with Gasteiger partial charge in [0.1, 0.15) is 5.75 Å². The third-order valence-corrected chi connectivity index (χ3v) is 7.88. The Morgan fingerprint density at radius 2 is 1.72 bits per heavy atom. The fraction of sp³-hybridized carbons (Fsp3) is 0.684. The quantitative estimate of drug-likeness (QED) is 0.804. The van der Waals surface area contributed by atoms with Gasteiger partial charge < -0.3 is 4.74 Å². The maximum atomic E-state index is 12.0. The summed E-state index contributed by atoms with van der Waals surface area (Å²) >= 11 is 0. The standard InChI is InChI=1S/C19H30N2O3S/c1-3-25(22,23)21-13-9-19(10-14-21)7-11-20(12-8-19)16-17-5-4-6-18(15-17)24-2/h4-6,15H,3,7-14,16H2,1-2H3. The molecule has 5 nitrogen and oxygen atoms in total. The van der Waals surface area contributed by atoms with E-state index in [1.807, 2.05) is 12.1 Å². The van der Waals surface area contributed by atoms with Gasteiger partial charge in [0.15, 0.2) is 0 Å². The molecule has 3 rings (SSSR count). The molecule has 2 heterocycles. The first-order valence-electron chi connectivity index (χ1n) is 9.29. The lowest BCUT2D eigenvalue weighted by Crippen LogP contribution is -2.48. The molecule has 6 heteroatoms. The van der Waals surface area contributed by atoms with Crippen LogP contribution in [0.1, 0.15) is 38.2 Å². The molecule has 0 aromatic heterocycles. The third kappa shape index (κ3) is 4.36. The second-order valence-electron chi connectivity index (χ2n) is 7.43. The minimum Gasteiger partial charge on any atom is -0.497 e. The molecule has 2 fully saturated rings. The Balaban J connectivity index is 1.52. The van der Waals surface area contributed by atoms with E-state index in [4.69, 9.17) is 4.74 Å². The number of piperidine rings is 2. The van der Waals surface area contributed by atoms with E-state index in [1.54, 1.807) is 18.3 Å². The Morgan fingerprint density at radius 3 is 2.32 bits per heavy atom. The lowest BCUT2D eigenvalue weighted by molar-refractivity contribution is 0.0529. The zero-order valence-corrected chi connectivity index (χ0v) is 16.2. The number of ether oxygens (including phenoxy) is 1. The zero-order valence-electron chi connectivity index (χ0n) is 15.4. The Kier molecular flexibility index (Phi) is 5.71. The van der Waals surface area contributed by atoms with E-state index < -0.39 is 10.0 Å². The zero-order chi connectivity index (χ0) is 17.9. The predicted octanol–water partition coefficient (Wildman–Crippen LogP) is 2.72. The largest absolute Gasteiger partial charge is 0.497 e. The van der Waals surface area contributed by atoms with Crippen LogP contribution in [0.25, 0.3) is 0 Å². The molecule has 0 atom stereocenters. The summed E-state index contributed by atoms with van der Waals surface area (Å²) in [6.07, 6.45) is 4.38. The molecule has 140 valence electrons. The van der Waals surface area contributed by atoms with Gasteiger partial charge in [0, 0.05) is 19.6 Å². The van der Waals surface area contributed by atoms with Crippen molar-refractivity contribution >= 4 is 10.0 Å². The van der Waals surface area contributed by atoms with Gasteiger partial charge in [0.2, 0.25) is 10.0 Å². The van der Waals surface area contributed by atoms with Crippen LogP contribution in [0.5, 0.6) is 5.75 Å². The van der Waals surface area contributed by atoms with E-state index in [0.29, 0.717) is 18.5 Å². The van der Waals surface area contributed by atoms with Crippen molar-refractivity contribution in [2.24, 2.45) is 5.41 Å². The van der Waals surface area contributed by atoms with Crippen LogP contribution in [-0.4, -0.2) is 56.7 Å². The van der Waals surface area contributed by atoms with Gasteiger partial charge in [-0.05, 0) is 68.8 Å². The third-order valence-electron chi connectivity index (χ3n) is 6.00. The van der Waals surface area contributed by atoms with Gasteiger partial charge in [-0.2, -0.15) is 0 Å². The lowest BCUT2D eigenvalue weighted by atomic mass is 9.71. The number of hydrogen-bond acceptors (Lipinski definition) is 4. The van der Waals surface area contributed by atoms with Crippen LogP contribution in [0, 0.1) is 5.41 Å². The summed E-state index contributed by atoms with van der Waals surface area (Å²) in [7, 11) is -1.32. The number of methoxy groups -OCH3 is 1. The van der Waals surface area contributed by atoms with Crippen molar-refractivity contribution in [1.82, 2.24) is 9.21 Å². The van der Waals surface area contributed by atoms with Crippen molar-refractivity contribution in [2.75, 3.05) is 39.0 Å². The van der Waals surface area contributed by atoms with Crippen LogP contribution in [-0.2, 0) is 16.6 Å². The molecule has 0 aliphatic carbocycles. The highest BCUT2D eigenvalue weighted by Crippen LogP contribution is 2.42. The number of likely N-dealkylation sites (tertiary alicyclic amines) is 1. The maximum Gasteiger partial charge on any atom is 0.213 e. The molecule has 1 spiro atoms. The molecule has 0 N–H and O–H groups in total. The van der Waals surface area contributed by atoms with Crippen molar-refractivity contribution < 1.29 is 13.2 Å². The van der Waals surface area contributed by atoms with E-state index in [9.17, 15) is 8.42 Å². The molecular weight excluding hydrogens is 336 g/mol. The fourth-order valence-corrected chi connectivity index (χ4v) is 5.24.